The van der Waals surface area contributed by atoms with Gasteiger partial charge in [0.1, 0.15) is 0 Å². The van der Waals surface area contributed by atoms with Gasteiger partial charge in [-0.05, 0) is 6.54 Å². The average molecular weight is 194 g/mol. The first-order chi connectivity index (χ1) is 6.79. The van der Waals surface area contributed by atoms with E-state index in [0.717, 1.165) is 13.1 Å². The van der Waals surface area contributed by atoms with Crippen molar-refractivity contribution >= 4 is 5.69 Å². The molecule has 1 aliphatic heterocycles. The van der Waals surface area contributed by atoms with Crippen molar-refractivity contribution in [3.05, 3.63) is 12.4 Å². The Hall–Kier alpha value is -1.03. The molecule has 2 rings (SSSR count). The van der Waals surface area contributed by atoms with Crippen LogP contribution in [0.1, 0.15) is 6.92 Å². The maximum absolute atomic E-state index is 4.19. The smallest absolute Gasteiger partial charge is 0.0753 e. The average Bonchev–Trinajstić information content (AvgIpc) is 2.65. The number of hydrogen-bond acceptors (Lipinski definition) is 3. The summed E-state index contributed by atoms with van der Waals surface area (Å²) in [7, 11) is 1.96. The van der Waals surface area contributed by atoms with Crippen LogP contribution in [0.15, 0.2) is 12.4 Å². The third kappa shape index (κ3) is 1.90. The van der Waals surface area contributed by atoms with E-state index < -0.39 is 0 Å². The minimum Gasteiger partial charge on any atom is -0.366 e. The molecule has 1 aromatic heterocycles. The molecule has 1 saturated heterocycles. The number of anilines is 1. The number of nitrogens with zero attached hydrogens (tertiary/aromatic N) is 4. The van der Waals surface area contributed by atoms with Gasteiger partial charge in [-0.2, -0.15) is 5.10 Å². The van der Waals surface area contributed by atoms with E-state index in [-0.39, 0.29) is 0 Å². The highest BCUT2D eigenvalue weighted by molar-refractivity contribution is 5.42. The Bertz CT molecular complexity index is 286. The minimum absolute atomic E-state index is 1.12. The topological polar surface area (TPSA) is 24.3 Å². The first kappa shape index (κ1) is 9.52. The van der Waals surface area contributed by atoms with Crippen LogP contribution in [-0.2, 0) is 7.05 Å². The summed E-state index contributed by atoms with van der Waals surface area (Å²) < 4.78 is 1.86. The summed E-state index contributed by atoms with van der Waals surface area (Å²) in [6, 6.07) is 0. The van der Waals surface area contributed by atoms with Gasteiger partial charge in [0.15, 0.2) is 0 Å². The fraction of sp³-hybridized carbons (Fsp3) is 0.700. The fourth-order valence-corrected chi connectivity index (χ4v) is 1.89. The normalized spacial score (nSPS) is 18.9. The van der Waals surface area contributed by atoms with Crippen LogP contribution in [0.2, 0.25) is 0 Å². The Labute approximate surface area is 85.1 Å². The Kier molecular flexibility index (Phi) is 2.72. The molecule has 4 heteroatoms. The molecule has 0 unspecified atom stereocenters. The van der Waals surface area contributed by atoms with E-state index in [1.807, 2.05) is 17.9 Å². The largest absolute Gasteiger partial charge is 0.366 e. The molecule has 1 aliphatic rings. The molecule has 78 valence electrons. The summed E-state index contributed by atoms with van der Waals surface area (Å²) in [5.74, 6) is 0. The molecule has 1 aromatic rings. The maximum Gasteiger partial charge on any atom is 0.0753 e. The Morgan fingerprint density at radius 2 is 2.00 bits per heavy atom. The molecule has 0 saturated carbocycles. The van der Waals surface area contributed by atoms with Crippen LogP contribution in [0.3, 0.4) is 0 Å². The minimum atomic E-state index is 1.12. The molecule has 0 aromatic carbocycles. The first-order valence-corrected chi connectivity index (χ1v) is 5.25. The molecule has 0 radical (unpaired) electrons. The van der Waals surface area contributed by atoms with Crippen molar-refractivity contribution in [3.63, 3.8) is 0 Å². The molecule has 0 bridgehead atoms. The standard InChI is InChI=1S/C10H18N4/c1-3-13-4-6-14(7-5-13)10-8-11-12(2)9-10/h8-9H,3-7H2,1-2H3. The Morgan fingerprint density at radius 3 is 2.50 bits per heavy atom. The molecular formula is C10H18N4. The number of aromatic nitrogens is 2. The summed E-state index contributed by atoms with van der Waals surface area (Å²) in [5.41, 5.74) is 1.25. The van der Waals surface area contributed by atoms with Crippen LogP contribution in [0, 0.1) is 0 Å². The van der Waals surface area contributed by atoms with E-state index in [0.29, 0.717) is 0 Å². The van der Waals surface area contributed by atoms with E-state index in [1.54, 1.807) is 0 Å². The highest BCUT2D eigenvalue weighted by Gasteiger charge is 2.16. The van der Waals surface area contributed by atoms with E-state index in [4.69, 9.17) is 0 Å². The highest BCUT2D eigenvalue weighted by Crippen LogP contribution is 2.14. The van der Waals surface area contributed by atoms with Gasteiger partial charge in [0, 0.05) is 39.4 Å². The molecule has 14 heavy (non-hydrogen) atoms. The summed E-state index contributed by atoms with van der Waals surface area (Å²) in [6.07, 6.45) is 4.03. The summed E-state index contributed by atoms with van der Waals surface area (Å²) >= 11 is 0. The van der Waals surface area contributed by atoms with E-state index in [2.05, 4.69) is 28.0 Å². The second-order valence-electron chi connectivity index (χ2n) is 3.79. The quantitative estimate of drug-likeness (QED) is 0.687. The van der Waals surface area contributed by atoms with Crippen LogP contribution in [0.4, 0.5) is 5.69 Å². The zero-order valence-corrected chi connectivity index (χ0v) is 8.98. The predicted octanol–water partition coefficient (Wildman–Crippen LogP) is 0.562. The molecule has 0 atom stereocenters. The van der Waals surface area contributed by atoms with Crippen LogP contribution < -0.4 is 4.90 Å². The van der Waals surface area contributed by atoms with Gasteiger partial charge in [0.2, 0.25) is 0 Å². The van der Waals surface area contributed by atoms with Crippen molar-refractivity contribution in [1.82, 2.24) is 14.7 Å². The van der Waals surface area contributed by atoms with E-state index >= 15 is 0 Å². The zero-order chi connectivity index (χ0) is 9.97. The highest BCUT2D eigenvalue weighted by atomic mass is 15.3. The molecule has 2 heterocycles. The Balaban J connectivity index is 1.95. The first-order valence-electron chi connectivity index (χ1n) is 5.25. The third-order valence-electron chi connectivity index (χ3n) is 2.88. The number of piperazine rings is 1. The van der Waals surface area contributed by atoms with Crippen molar-refractivity contribution in [1.29, 1.82) is 0 Å². The lowest BCUT2D eigenvalue weighted by Gasteiger charge is -2.34. The maximum atomic E-state index is 4.19. The molecule has 0 N–H and O–H groups in total. The van der Waals surface area contributed by atoms with Gasteiger partial charge in [-0.15, -0.1) is 0 Å². The molecule has 0 aliphatic carbocycles. The third-order valence-corrected chi connectivity index (χ3v) is 2.88. The van der Waals surface area contributed by atoms with Crippen molar-refractivity contribution in [2.24, 2.45) is 7.05 Å². The van der Waals surface area contributed by atoms with Crippen molar-refractivity contribution in [2.75, 3.05) is 37.6 Å². The second kappa shape index (κ2) is 4.00. The van der Waals surface area contributed by atoms with Gasteiger partial charge in [0.25, 0.3) is 0 Å². The summed E-state index contributed by atoms with van der Waals surface area (Å²) in [6.45, 7) is 7.98. The number of rotatable bonds is 2. The van der Waals surface area contributed by atoms with Gasteiger partial charge >= 0.3 is 0 Å². The second-order valence-corrected chi connectivity index (χ2v) is 3.79. The summed E-state index contributed by atoms with van der Waals surface area (Å²) in [5, 5.41) is 4.19. The monoisotopic (exact) mass is 194 g/mol. The van der Waals surface area contributed by atoms with Gasteiger partial charge in [-0.25, -0.2) is 0 Å². The van der Waals surface area contributed by atoms with Crippen molar-refractivity contribution < 1.29 is 0 Å². The number of likely N-dealkylation sites (N-methyl/N-ethyl adjacent to an activating group) is 1. The number of hydrogen-bond donors (Lipinski definition) is 0. The van der Waals surface area contributed by atoms with Crippen LogP contribution in [0.25, 0.3) is 0 Å². The Morgan fingerprint density at radius 1 is 1.29 bits per heavy atom. The number of aryl methyl sites for hydroxylation is 1. The molecular weight excluding hydrogens is 176 g/mol. The van der Waals surface area contributed by atoms with Gasteiger partial charge < -0.3 is 9.80 Å². The van der Waals surface area contributed by atoms with Crippen molar-refractivity contribution in [3.8, 4) is 0 Å². The lowest BCUT2D eigenvalue weighted by atomic mass is 10.3. The molecule has 1 fully saturated rings. The lowest BCUT2D eigenvalue weighted by molar-refractivity contribution is 0.271. The van der Waals surface area contributed by atoms with Gasteiger partial charge in [-0.3, -0.25) is 4.68 Å². The fourth-order valence-electron chi connectivity index (χ4n) is 1.89. The van der Waals surface area contributed by atoms with Crippen LogP contribution in [-0.4, -0.2) is 47.4 Å². The SMILES string of the molecule is CCN1CCN(c2cnn(C)c2)CC1. The molecule has 0 spiro atoms. The van der Waals surface area contributed by atoms with Gasteiger partial charge in [0.05, 0.1) is 11.9 Å². The van der Waals surface area contributed by atoms with E-state index in [1.165, 1.54) is 25.3 Å². The van der Waals surface area contributed by atoms with Crippen LogP contribution in [0.5, 0.6) is 0 Å². The zero-order valence-electron chi connectivity index (χ0n) is 8.98. The predicted molar refractivity (Wildman–Crippen MR) is 57.5 cm³/mol. The molecule has 4 nitrogen and oxygen atoms in total. The van der Waals surface area contributed by atoms with Crippen LogP contribution >= 0.6 is 0 Å². The lowest BCUT2D eigenvalue weighted by Crippen LogP contribution is -2.46. The summed E-state index contributed by atoms with van der Waals surface area (Å²) in [4.78, 5) is 4.88. The molecule has 0 amide bonds. The van der Waals surface area contributed by atoms with Crippen molar-refractivity contribution in [2.45, 2.75) is 6.92 Å². The van der Waals surface area contributed by atoms with E-state index in [9.17, 15) is 0 Å². The van der Waals surface area contributed by atoms with Gasteiger partial charge in [-0.1, -0.05) is 6.92 Å².